The van der Waals surface area contributed by atoms with Crippen LogP contribution in [0, 0.1) is 0 Å². The number of carbonyl (C=O) groups is 1. The van der Waals surface area contributed by atoms with E-state index in [0.29, 0.717) is 29.4 Å². The Kier molecular flexibility index (Phi) is 6.59. The van der Waals surface area contributed by atoms with Gasteiger partial charge < -0.3 is 10.1 Å². The van der Waals surface area contributed by atoms with Gasteiger partial charge in [0.25, 0.3) is 0 Å². The Labute approximate surface area is 170 Å². The van der Waals surface area contributed by atoms with Crippen molar-refractivity contribution in [1.82, 2.24) is 4.31 Å². The molecule has 0 aromatic heterocycles. The number of hydrogen-bond acceptors (Lipinski definition) is 4. The molecule has 0 aliphatic carbocycles. The van der Waals surface area contributed by atoms with E-state index < -0.39 is 10.0 Å². The molecular weight excluding hydrogens is 400 g/mol. The zero-order valence-corrected chi connectivity index (χ0v) is 17.2. The lowest BCUT2D eigenvalue weighted by molar-refractivity contribution is -0.117. The minimum absolute atomic E-state index is 0.0882. The molecule has 2 aromatic rings. The van der Waals surface area contributed by atoms with E-state index >= 15 is 0 Å². The number of amides is 1. The number of para-hydroxylation sites is 2. The van der Waals surface area contributed by atoms with Crippen molar-refractivity contribution in [2.24, 2.45) is 0 Å². The summed E-state index contributed by atoms with van der Waals surface area (Å²) in [5.41, 5.74) is 0.568. The summed E-state index contributed by atoms with van der Waals surface area (Å²) in [6.45, 7) is 0.400. The first-order chi connectivity index (χ1) is 13.4. The topological polar surface area (TPSA) is 75.7 Å². The molecule has 1 amide bonds. The summed E-state index contributed by atoms with van der Waals surface area (Å²) >= 11 is 5.88. The molecule has 0 radical (unpaired) electrons. The van der Waals surface area contributed by atoms with Gasteiger partial charge in [0.15, 0.2) is 0 Å². The highest BCUT2D eigenvalue weighted by Crippen LogP contribution is 2.29. The summed E-state index contributed by atoms with van der Waals surface area (Å²) in [4.78, 5) is 12.8. The van der Waals surface area contributed by atoms with Crippen LogP contribution in [0.3, 0.4) is 0 Å². The Bertz CT molecular complexity index is 931. The maximum Gasteiger partial charge on any atom is 0.243 e. The van der Waals surface area contributed by atoms with E-state index in [1.165, 1.54) is 23.5 Å². The lowest BCUT2D eigenvalue weighted by Crippen LogP contribution is -2.45. The quantitative estimate of drug-likeness (QED) is 0.765. The normalized spacial score (nSPS) is 17.9. The Morgan fingerprint density at radius 2 is 1.89 bits per heavy atom. The molecule has 150 valence electrons. The molecule has 8 heteroatoms. The molecule has 2 aromatic carbocycles. The van der Waals surface area contributed by atoms with Gasteiger partial charge in [0.05, 0.1) is 17.7 Å². The van der Waals surface area contributed by atoms with Gasteiger partial charge in [-0.25, -0.2) is 8.42 Å². The van der Waals surface area contributed by atoms with Gasteiger partial charge in [-0.15, -0.1) is 0 Å². The van der Waals surface area contributed by atoms with Gasteiger partial charge in [-0.05, 0) is 49.2 Å². The summed E-state index contributed by atoms with van der Waals surface area (Å²) in [5.74, 6) is 0.317. The zero-order chi connectivity index (χ0) is 20.1. The third-order valence-electron chi connectivity index (χ3n) is 4.80. The molecule has 0 bridgehead atoms. The SMILES string of the molecule is COc1ccccc1NC(=O)C[C@H]1CCCCN1S(=O)(=O)c1ccc(Cl)cc1. The van der Waals surface area contributed by atoms with Crippen LogP contribution in [0.5, 0.6) is 5.75 Å². The first kappa shape index (κ1) is 20.6. The predicted octanol–water partition coefficient (Wildman–Crippen LogP) is 3.92. The van der Waals surface area contributed by atoms with Crippen LogP contribution < -0.4 is 10.1 Å². The Hall–Kier alpha value is -2.09. The molecule has 1 fully saturated rings. The van der Waals surface area contributed by atoms with Gasteiger partial charge >= 0.3 is 0 Å². The fourth-order valence-electron chi connectivity index (χ4n) is 3.40. The average Bonchev–Trinajstić information content (AvgIpc) is 2.69. The Morgan fingerprint density at radius 1 is 1.18 bits per heavy atom. The zero-order valence-electron chi connectivity index (χ0n) is 15.6. The summed E-state index contributed by atoms with van der Waals surface area (Å²) in [7, 11) is -2.15. The highest BCUT2D eigenvalue weighted by Gasteiger charge is 2.34. The molecule has 0 unspecified atom stereocenters. The van der Waals surface area contributed by atoms with Crippen molar-refractivity contribution in [3.8, 4) is 5.75 Å². The van der Waals surface area contributed by atoms with Gasteiger partial charge in [-0.3, -0.25) is 4.79 Å². The van der Waals surface area contributed by atoms with Crippen LogP contribution in [0.4, 0.5) is 5.69 Å². The number of halogens is 1. The first-order valence-electron chi connectivity index (χ1n) is 9.12. The predicted molar refractivity (Wildman–Crippen MR) is 109 cm³/mol. The van der Waals surface area contributed by atoms with Crippen LogP contribution in [0.2, 0.25) is 5.02 Å². The van der Waals surface area contributed by atoms with Crippen molar-refractivity contribution in [3.63, 3.8) is 0 Å². The molecule has 1 heterocycles. The van der Waals surface area contributed by atoms with Crippen LogP contribution in [0.1, 0.15) is 25.7 Å². The van der Waals surface area contributed by atoms with Crippen molar-refractivity contribution >= 4 is 33.2 Å². The number of ether oxygens (including phenoxy) is 1. The number of carbonyl (C=O) groups excluding carboxylic acids is 1. The third-order valence-corrected chi connectivity index (χ3v) is 7.01. The first-order valence-corrected chi connectivity index (χ1v) is 10.9. The van der Waals surface area contributed by atoms with Crippen LogP contribution in [-0.4, -0.2) is 38.3 Å². The number of nitrogens with one attached hydrogen (secondary N) is 1. The van der Waals surface area contributed by atoms with E-state index in [9.17, 15) is 13.2 Å². The maximum absolute atomic E-state index is 13.1. The monoisotopic (exact) mass is 422 g/mol. The summed E-state index contributed by atoms with van der Waals surface area (Å²) in [5, 5.41) is 3.30. The molecule has 1 atom stereocenters. The molecule has 1 saturated heterocycles. The van der Waals surface area contributed by atoms with Crippen molar-refractivity contribution < 1.29 is 17.9 Å². The van der Waals surface area contributed by atoms with Gasteiger partial charge in [0.1, 0.15) is 5.75 Å². The van der Waals surface area contributed by atoms with Gasteiger partial charge in [0.2, 0.25) is 15.9 Å². The number of nitrogens with zero attached hydrogens (tertiary/aromatic N) is 1. The lowest BCUT2D eigenvalue weighted by Gasteiger charge is -2.34. The van der Waals surface area contributed by atoms with Crippen molar-refractivity contribution in [2.45, 2.75) is 36.6 Å². The number of piperidine rings is 1. The Morgan fingerprint density at radius 3 is 2.61 bits per heavy atom. The summed E-state index contributed by atoms with van der Waals surface area (Å²) < 4.78 is 32.9. The smallest absolute Gasteiger partial charge is 0.243 e. The van der Waals surface area contributed by atoms with Crippen LogP contribution in [0.15, 0.2) is 53.4 Å². The van der Waals surface area contributed by atoms with Crippen molar-refractivity contribution in [2.75, 3.05) is 19.0 Å². The second-order valence-electron chi connectivity index (χ2n) is 6.67. The summed E-state index contributed by atoms with van der Waals surface area (Å²) in [6, 6.07) is 12.9. The number of anilines is 1. The van der Waals surface area contributed by atoms with E-state index in [2.05, 4.69) is 5.32 Å². The molecule has 1 aliphatic rings. The number of hydrogen-bond donors (Lipinski definition) is 1. The van der Waals surface area contributed by atoms with Crippen molar-refractivity contribution in [3.05, 3.63) is 53.6 Å². The molecule has 3 rings (SSSR count). The molecule has 0 saturated carbocycles. The lowest BCUT2D eigenvalue weighted by atomic mass is 10.0. The van der Waals surface area contributed by atoms with Gasteiger partial charge in [-0.1, -0.05) is 30.2 Å². The Balaban J connectivity index is 1.76. The largest absolute Gasteiger partial charge is 0.495 e. The number of sulfonamides is 1. The third kappa shape index (κ3) is 4.66. The van der Waals surface area contributed by atoms with Crippen LogP contribution >= 0.6 is 11.6 Å². The van der Waals surface area contributed by atoms with E-state index in [1.54, 1.807) is 30.3 Å². The van der Waals surface area contributed by atoms with Gasteiger partial charge in [0, 0.05) is 24.0 Å². The van der Waals surface area contributed by atoms with Crippen molar-refractivity contribution in [1.29, 1.82) is 0 Å². The molecular formula is C20H23ClN2O4S. The second-order valence-corrected chi connectivity index (χ2v) is 9.00. The minimum Gasteiger partial charge on any atom is -0.495 e. The maximum atomic E-state index is 13.1. The second kappa shape index (κ2) is 8.94. The molecule has 1 N–H and O–H groups in total. The van der Waals surface area contributed by atoms with E-state index in [-0.39, 0.29) is 23.3 Å². The summed E-state index contributed by atoms with van der Waals surface area (Å²) in [6.07, 6.45) is 2.40. The fraction of sp³-hybridized carbons (Fsp3) is 0.350. The van der Waals surface area contributed by atoms with E-state index in [4.69, 9.17) is 16.3 Å². The number of benzene rings is 2. The van der Waals surface area contributed by atoms with E-state index in [0.717, 1.165) is 12.8 Å². The standard InChI is InChI=1S/C20H23ClN2O4S/c1-27-19-8-3-2-7-18(19)22-20(24)14-16-6-4-5-13-23(16)28(25,26)17-11-9-15(21)10-12-17/h2-3,7-12,16H,4-6,13-14H2,1H3,(H,22,24)/t16-/m1/s1. The van der Waals surface area contributed by atoms with E-state index in [1.807, 2.05) is 6.07 Å². The molecule has 0 spiro atoms. The fourth-order valence-corrected chi connectivity index (χ4v) is 5.22. The molecule has 6 nitrogen and oxygen atoms in total. The highest BCUT2D eigenvalue weighted by molar-refractivity contribution is 7.89. The van der Waals surface area contributed by atoms with Crippen LogP contribution in [0.25, 0.3) is 0 Å². The molecule has 28 heavy (non-hydrogen) atoms. The van der Waals surface area contributed by atoms with Gasteiger partial charge in [-0.2, -0.15) is 4.31 Å². The minimum atomic E-state index is -3.69. The number of rotatable bonds is 6. The number of methoxy groups -OCH3 is 1. The van der Waals surface area contributed by atoms with Crippen LogP contribution in [-0.2, 0) is 14.8 Å². The average molecular weight is 423 g/mol. The molecule has 1 aliphatic heterocycles. The highest BCUT2D eigenvalue weighted by atomic mass is 35.5.